The highest BCUT2D eigenvalue weighted by molar-refractivity contribution is 5.90. The SMILES string of the molecule is CCC[C@H]1CN(C(=O)c2n[nH]c(=O)[nH]2)CCO1. The van der Waals surface area contributed by atoms with Crippen LogP contribution in [0.1, 0.15) is 30.4 Å². The first kappa shape index (κ1) is 11.8. The van der Waals surface area contributed by atoms with E-state index < -0.39 is 5.69 Å². The van der Waals surface area contributed by atoms with Crippen molar-refractivity contribution in [2.24, 2.45) is 0 Å². The van der Waals surface area contributed by atoms with Crippen LogP contribution < -0.4 is 5.69 Å². The summed E-state index contributed by atoms with van der Waals surface area (Å²) in [6.07, 6.45) is 2.04. The van der Waals surface area contributed by atoms with Gasteiger partial charge in [-0.3, -0.25) is 9.78 Å². The van der Waals surface area contributed by atoms with Crippen LogP contribution >= 0.6 is 0 Å². The van der Waals surface area contributed by atoms with Gasteiger partial charge in [-0.1, -0.05) is 13.3 Å². The molecule has 0 unspecified atom stereocenters. The third kappa shape index (κ3) is 2.73. The van der Waals surface area contributed by atoms with Gasteiger partial charge in [-0.05, 0) is 6.42 Å². The van der Waals surface area contributed by atoms with Crippen molar-refractivity contribution in [1.29, 1.82) is 0 Å². The minimum absolute atomic E-state index is 0.0622. The van der Waals surface area contributed by atoms with E-state index in [1.807, 2.05) is 0 Å². The van der Waals surface area contributed by atoms with Crippen LogP contribution in [0.25, 0.3) is 0 Å². The number of rotatable bonds is 3. The van der Waals surface area contributed by atoms with Crippen molar-refractivity contribution in [2.75, 3.05) is 19.7 Å². The second-order valence-corrected chi connectivity index (χ2v) is 4.06. The molecule has 1 aromatic heterocycles. The number of carbonyl (C=O) groups is 1. The molecule has 17 heavy (non-hydrogen) atoms. The summed E-state index contributed by atoms with van der Waals surface area (Å²) in [5, 5.41) is 5.82. The van der Waals surface area contributed by atoms with Gasteiger partial charge in [-0.15, -0.1) is 5.10 Å². The molecule has 0 bridgehead atoms. The molecule has 0 radical (unpaired) electrons. The van der Waals surface area contributed by atoms with Crippen molar-refractivity contribution in [3.05, 3.63) is 16.3 Å². The summed E-state index contributed by atoms with van der Waals surface area (Å²) < 4.78 is 5.55. The molecule has 94 valence electrons. The molecule has 2 rings (SSSR count). The molecule has 0 spiro atoms. The second-order valence-electron chi connectivity index (χ2n) is 4.06. The van der Waals surface area contributed by atoms with Crippen molar-refractivity contribution in [1.82, 2.24) is 20.1 Å². The zero-order chi connectivity index (χ0) is 12.3. The molecular formula is C10H16N4O3. The Balaban J connectivity index is 2.02. The number of aromatic amines is 2. The monoisotopic (exact) mass is 240 g/mol. The van der Waals surface area contributed by atoms with Gasteiger partial charge in [0, 0.05) is 13.1 Å². The topological polar surface area (TPSA) is 91.1 Å². The van der Waals surface area contributed by atoms with Gasteiger partial charge >= 0.3 is 5.69 Å². The van der Waals surface area contributed by atoms with E-state index in [9.17, 15) is 9.59 Å². The number of carbonyl (C=O) groups excluding carboxylic acids is 1. The Labute approximate surface area is 98.2 Å². The zero-order valence-electron chi connectivity index (χ0n) is 9.73. The predicted octanol–water partition coefficient (Wildman–Crippen LogP) is -0.261. The van der Waals surface area contributed by atoms with Gasteiger partial charge in [0.2, 0.25) is 5.82 Å². The van der Waals surface area contributed by atoms with Crippen LogP contribution in [0.3, 0.4) is 0 Å². The summed E-state index contributed by atoms with van der Waals surface area (Å²) in [7, 11) is 0. The van der Waals surface area contributed by atoms with E-state index in [0.717, 1.165) is 12.8 Å². The Morgan fingerprint density at radius 3 is 3.12 bits per heavy atom. The standard InChI is InChI=1S/C10H16N4O3/c1-2-3-7-6-14(4-5-17-7)9(15)8-11-10(16)13-12-8/h7H,2-6H2,1H3,(H2,11,12,13,16)/t7-/m0/s1. The van der Waals surface area contributed by atoms with Gasteiger partial charge in [0.1, 0.15) is 0 Å². The Morgan fingerprint density at radius 1 is 1.65 bits per heavy atom. The third-order valence-corrected chi connectivity index (χ3v) is 2.74. The van der Waals surface area contributed by atoms with Crippen LogP contribution in [-0.4, -0.2) is 51.8 Å². The average molecular weight is 240 g/mol. The van der Waals surface area contributed by atoms with Crippen LogP contribution in [0.15, 0.2) is 4.79 Å². The van der Waals surface area contributed by atoms with E-state index in [1.165, 1.54) is 0 Å². The molecule has 0 saturated carbocycles. The number of H-pyrrole nitrogens is 2. The number of nitrogens with one attached hydrogen (secondary N) is 2. The molecule has 1 aromatic rings. The third-order valence-electron chi connectivity index (χ3n) is 2.74. The maximum absolute atomic E-state index is 12.0. The lowest BCUT2D eigenvalue weighted by Crippen LogP contribution is -2.46. The van der Waals surface area contributed by atoms with Crippen molar-refractivity contribution in [3.8, 4) is 0 Å². The van der Waals surface area contributed by atoms with Crippen molar-refractivity contribution in [2.45, 2.75) is 25.9 Å². The Bertz CT molecular complexity index is 437. The summed E-state index contributed by atoms with van der Waals surface area (Å²) >= 11 is 0. The van der Waals surface area contributed by atoms with E-state index in [0.29, 0.717) is 19.7 Å². The first-order chi connectivity index (χ1) is 8.20. The molecule has 2 N–H and O–H groups in total. The number of ether oxygens (including phenoxy) is 1. The number of aromatic nitrogens is 3. The Kier molecular flexibility index (Phi) is 3.58. The molecule has 7 heteroatoms. The van der Waals surface area contributed by atoms with E-state index in [1.54, 1.807) is 4.90 Å². The lowest BCUT2D eigenvalue weighted by atomic mass is 10.1. The molecular weight excluding hydrogens is 224 g/mol. The minimum Gasteiger partial charge on any atom is -0.375 e. The van der Waals surface area contributed by atoms with Crippen molar-refractivity contribution < 1.29 is 9.53 Å². The van der Waals surface area contributed by atoms with Crippen LogP contribution in [0.4, 0.5) is 0 Å². The molecule has 0 aromatic carbocycles. The maximum atomic E-state index is 12.0. The van der Waals surface area contributed by atoms with Crippen molar-refractivity contribution >= 4 is 5.91 Å². The summed E-state index contributed by atoms with van der Waals surface area (Å²) in [6, 6.07) is 0. The fourth-order valence-corrected chi connectivity index (χ4v) is 1.92. The number of nitrogens with zero attached hydrogens (tertiary/aromatic N) is 2. The number of morpholine rings is 1. The average Bonchev–Trinajstić information content (AvgIpc) is 2.76. The molecule has 1 amide bonds. The van der Waals surface area contributed by atoms with Gasteiger partial charge in [0.15, 0.2) is 0 Å². The molecule has 1 fully saturated rings. The van der Waals surface area contributed by atoms with Gasteiger partial charge < -0.3 is 9.64 Å². The lowest BCUT2D eigenvalue weighted by Gasteiger charge is -2.32. The number of hydrogen-bond donors (Lipinski definition) is 2. The zero-order valence-corrected chi connectivity index (χ0v) is 9.73. The number of hydrogen-bond acceptors (Lipinski definition) is 4. The molecule has 1 aliphatic rings. The summed E-state index contributed by atoms with van der Waals surface area (Å²) in [4.78, 5) is 26.9. The van der Waals surface area contributed by atoms with Gasteiger partial charge in [-0.25, -0.2) is 9.89 Å². The normalized spacial score (nSPS) is 20.5. The Morgan fingerprint density at radius 2 is 2.47 bits per heavy atom. The first-order valence-electron chi connectivity index (χ1n) is 5.76. The molecule has 0 aliphatic carbocycles. The van der Waals surface area contributed by atoms with Crippen molar-refractivity contribution in [3.63, 3.8) is 0 Å². The van der Waals surface area contributed by atoms with Crippen LogP contribution in [0, 0.1) is 0 Å². The largest absolute Gasteiger partial charge is 0.375 e. The number of amides is 1. The lowest BCUT2D eigenvalue weighted by molar-refractivity contribution is -0.0254. The minimum atomic E-state index is -0.466. The highest BCUT2D eigenvalue weighted by Gasteiger charge is 2.26. The molecule has 1 aliphatic heterocycles. The molecule has 7 nitrogen and oxygen atoms in total. The summed E-state index contributed by atoms with van der Waals surface area (Å²) in [5.41, 5.74) is -0.466. The van der Waals surface area contributed by atoms with Gasteiger partial charge in [0.05, 0.1) is 12.7 Å². The molecule has 1 atom stereocenters. The molecule has 2 heterocycles. The van der Waals surface area contributed by atoms with E-state index in [2.05, 4.69) is 22.1 Å². The van der Waals surface area contributed by atoms with Crippen LogP contribution in [0.2, 0.25) is 0 Å². The molecule has 1 saturated heterocycles. The van der Waals surface area contributed by atoms with E-state index in [-0.39, 0.29) is 17.8 Å². The van der Waals surface area contributed by atoms with Crippen LogP contribution in [-0.2, 0) is 4.74 Å². The highest BCUT2D eigenvalue weighted by atomic mass is 16.5. The smallest absolute Gasteiger partial charge is 0.341 e. The summed E-state index contributed by atoms with van der Waals surface area (Å²) in [6.45, 7) is 3.70. The van der Waals surface area contributed by atoms with Gasteiger partial charge in [0.25, 0.3) is 5.91 Å². The van der Waals surface area contributed by atoms with E-state index in [4.69, 9.17) is 4.74 Å². The first-order valence-corrected chi connectivity index (χ1v) is 5.76. The van der Waals surface area contributed by atoms with E-state index >= 15 is 0 Å². The fraction of sp³-hybridized carbons (Fsp3) is 0.700. The quantitative estimate of drug-likeness (QED) is 0.761. The van der Waals surface area contributed by atoms with Gasteiger partial charge in [-0.2, -0.15) is 0 Å². The maximum Gasteiger partial charge on any atom is 0.341 e. The highest BCUT2D eigenvalue weighted by Crippen LogP contribution is 2.11. The fourth-order valence-electron chi connectivity index (χ4n) is 1.92. The van der Waals surface area contributed by atoms with Crippen LogP contribution in [0.5, 0.6) is 0 Å². The summed E-state index contributed by atoms with van der Waals surface area (Å²) in [5.74, 6) is -0.195. The predicted molar refractivity (Wildman–Crippen MR) is 59.8 cm³/mol. The second kappa shape index (κ2) is 5.13. The Hall–Kier alpha value is -1.63.